The van der Waals surface area contributed by atoms with Crippen molar-refractivity contribution in [3.8, 4) is 0 Å². The van der Waals surface area contributed by atoms with Crippen LogP contribution in [-0.4, -0.2) is 60.9 Å². The topological polar surface area (TPSA) is 97.4 Å². The lowest BCUT2D eigenvalue weighted by Crippen LogP contribution is -2.49. The predicted octanol–water partition coefficient (Wildman–Crippen LogP) is -0.613. The molecule has 0 aromatic heterocycles. The highest BCUT2D eigenvalue weighted by Crippen LogP contribution is 2.19. The Labute approximate surface area is 106 Å². The van der Waals surface area contributed by atoms with Crippen molar-refractivity contribution >= 4 is 11.7 Å². The van der Waals surface area contributed by atoms with E-state index in [1.807, 2.05) is 0 Å². The number of oxime groups is 1. The van der Waals surface area contributed by atoms with E-state index in [4.69, 9.17) is 20.4 Å². The fourth-order valence-corrected chi connectivity index (χ4v) is 2.31. The Morgan fingerprint density at radius 3 is 2.61 bits per heavy atom. The summed E-state index contributed by atoms with van der Waals surface area (Å²) in [6, 6.07) is 0. The van der Waals surface area contributed by atoms with Gasteiger partial charge in [0.25, 0.3) is 5.91 Å². The molecule has 0 spiro atoms. The number of nitrogens with zero attached hydrogens (tertiary/aromatic N) is 2. The van der Waals surface area contributed by atoms with Crippen molar-refractivity contribution in [2.45, 2.75) is 18.9 Å². The fraction of sp³-hybridized carbons (Fsp3) is 0.818. The Morgan fingerprint density at radius 1 is 1.33 bits per heavy atom. The van der Waals surface area contributed by atoms with Crippen LogP contribution in [0.1, 0.15) is 12.8 Å². The van der Waals surface area contributed by atoms with Crippen LogP contribution < -0.4 is 5.73 Å². The highest BCUT2D eigenvalue weighted by molar-refractivity contribution is 5.84. The lowest BCUT2D eigenvalue weighted by atomic mass is 9.95. The molecule has 18 heavy (non-hydrogen) atoms. The standard InChI is InChI=1S/C11H19N3O4/c12-10(13-16)8-1-3-14(4-2-8)11(15)9-7-17-5-6-18-9/h8-9,16H,1-7H2,(H2,12,13). The van der Waals surface area contributed by atoms with Gasteiger partial charge in [-0.1, -0.05) is 5.16 Å². The van der Waals surface area contributed by atoms with Crippen molar-refractivity contribution < 1.29 is 19.5 Å². The molecule has 2 saturated heterocycles. The van der Waals surface area contributed by atoms with E-state index in [2.05, 4.69) is 5.16 Å². The van der Waals surface area contributed by atoms with Gasteiger partial charge in [-0.05, 0) is 12.8 Å². The van der Waals surface area contributed by atoms with Gasteiger partial charge in [0, 0.05) is 19.0 Å². The quantitative estimate of drug-likeness (QED) is 0.297. The molecular weight excluding hydrogens is 238 g/mol. The summed E-state index contributed by atoms with van der Waals surface area (Å²) in [5.41, 5.74) is 5.56. The second-order valence-corrected chi connectivity index (χ2v) is 4.56. The van der Waals surface area contributed by atoms with Crippen LogP contribution in [0.3, 0.4) is 0 Å². The van der Waals surface area contributed by atoms with Gasteiger partial charge in [-0.15, -0.1) is 0 Å². The summed E-state index contributed by atoms with van der Waals surface area (Å²) in [6.07, 6.45) is 0.962. The second kappa shape index (κ2) is 6.01. The summed E-state index contributed by atoms with van der Waals surface area (Å²) < 4.78 is 10.6. The molecule has 0 bridgehead atoms. The zero-order chi connectivity index (χ0) is 13.0. The van der Waals surface area contributed by atoms with Crippen molar-refractivity contribution in [1.82, 2.24) is 4.90 Å². The third-order valence-electron chi connectivity index (χ3n) is 3.43. The highest BCUT2D eigenvalue weighted by atomic mass is 16.6. The number of ether oxygens (including phenoxy) is 2. The van der Waals surface area contributed by atoms with E-state index in [-0.39, 0.29) is 17.7 Å². The molecule has 7 nitrogen and oxygen atoms in total. The monoisotopic (exact) mass is 257 g/mol. The molecule has 1 unspecified atom stereocenters. The number of nitrogens with two attached hydrogens (primary N) is 1. The molecule has 3 N–H and O–H groups in total. The third-order valence-corrected chi connectivity index (χ3v) is 3.43. The summed E-state index contributed by atoms with van der Waals surface area (Å²) in [4.78, 5) is 13.9. The Bertz CT molecular complexity index is 320. The van der Waals surface area contributed by atoms with Crippen LogP contribution in [0, 0.1) is 5.92 Å². The molecule has 2 rings (SSSR count). The molecule has 0 aromatic rings. The van der Waals surface area contributed by atoms with Gasteiger partial charge in [-0.25, -0.2) is 0 Å². The molecule has 0 radical (unpaired) electrons. The Kier molecular flexibility index (Phi) is 4.38. The van der Waals surface area contributed by atoms with Crippen molar-refractivity contribution in [3.05, 3.63) is 0 Å². The summed E-state index contributed by atoms with van der Waals surface area (Å²) in [5.74, 6) is 0.287. The Hall–Kier alpha value is -1.34. The smallest absolute Gasteiger partial charge is 0.254 e. The number of piperidine rings is 1. The molecule has 1 atom stereocenters. The number of hydrogen-bond acceptors (Lipinski definition) is 5. The molecule has 1 amide bonds. The lowest BCUT2D eigenvalue weighted by Gasteiger charge is -2.34. The van der Waals surface area contributed by atoms with Crippen LogP contribution in [0.25, 0.3) is 0 Å². The van der Waals surface area contributed by atoms with E-state index >= 15 is 0 Å². The SMILES string of the molecule is NC(=NO)C1CCN(C(=O)C2COCCO2)CC1. The van der Waals surface area contributed by atoms with Gasteiger partial charge in [0.15, 0.2) is 6.10 Å². The zero-order valence-electron chi connectivity index (χ0n) is 10.2. The Balaban J connectivity index is 1.83. The number of rotatable bonds is 2. The molecule has 2 aliphatic heterocycles. The summed E-state index contributed by atoms with van der Waals surface area (Å²) in [7, 11) is 0. The van der Waals surface area contributed by atoms with Crippen molar-refractivity contribution in [2.75, 3.05) is 32.9 Å². The van der Waals surface area contributed by atoms with Gasteiger partial charge < -0.3 is 25.3 Å². The number of carbonyl (C=O) groups excluding carboxylic acids is 1. The molecule has 2 aliphatic rings. The van der Waals surface area contributed by atoms with Crippen LogP contribution in [0.15, 0.2) is 5.16 Å². The predicted molar refractivity (Wildman–Crippen MR) is 63.3 cm³/mol. The Morgan fingerprint density at radius 2 is 2.06 bits per heavy atom. The second-order valence-electron chi connectivity index (χ2n) is 4.56. The first kappa shape index (κ1) is 13.1. The van der Waals surface area contributed by atoms with E-state index in [0.29, 0.717) is 32.9 Å². The summed E-state index contributed by atoms with van der Waals surface area (Å²) >= 11 is 0. The number of hydrogen-bond donors (Lipinski definition) is 2. The molecule has 2 fully saturated rings. The maximum absolute atomic E-state index is 12.1. The van der Waals surface area contributed by atoms with Gasteiger partial charge in [0.1, 0.15) is 5.84 Å². The molecule has 0 aliphatic carbocycles. The minimum Gasteiger partial charge on any atom is -0.409 e. The van der Waals surface area contributed by atoms with Gasteiger partial charge in [-0.3, -0.25) is 4.79 Å². The van der Waals surface area contributed by atoms with Gasteiger partial charge >= 0.3 is 0 Å². The number of amidine groups is 1. The maximum Gasteiger partial charge on any atom is 0.254 e. The van der Waals surface area contributed by atoms with Crippen molar-refractivity contribution in [2.24, 2.45) is 16.8 Å². The molecule has 7 heteroatoms. The molecule has 2 heterocycles. The molecular formula is C11H19N3O4. The number of carbonyl (C=O) groups is 1. The van der Waals surface area contributed by atoms with Gasteiger partial charge in [0.2, 0.25) is 0 Å². The average Bonchev–Trinajstić information content (AvgIpc) is 2.47. The first-order valence-corrected chi connectivity index (χ1v) is 6.18. The van der Waals surface area contributed by atoms with E-state index in [1.54, 1.807) is 4.90 Å². The maximum atomic E-state index is 12.1. The number of likely N-dealkylation sites (tertiary alicyclic amines) is 1. The van der Waals surface area contributed by atoms with Crippen LogP contribution in [-0.2, 0) is 14.3 Å². The minimum atomic E-state index is -0.473. The van der Waals surface area contributed by atoms with Crippen LogP contribution in [0.5, 0.6) is 0 Å². The fourth-order valence-electron chi connectivity index (χ4n) is 2.31. The van der Waals surface area contributed by atoms with Crippen LogP contribution in [0.4, 0.5) is 0 Å². The largest absolute Gasteiger partial charge is 0.409 e. The van der Waals surface area contributed by atoms with Gasteiger partial charge in [0.05, 0.1) is 19.8 Å². The van der Waals surface area contributed by atoms with Crippen molar-refractivity contribution in [3.63, 3.8) is 0 Å². The van der Waals surface area contributed by atoms with Crippen molar-refractivity contribution in [1.29, 1.82) is 0 Å². The van der Waals surface area contributed by atoms with E-state index in [1.165, 1.54) is 0 Å². The minimum absolute atomic E-state index is 0.0207. The molecule has 0 aromatic carbocycles. The average molecular weight is 257 g/mol. The first-order valence-electron chi connectivity index (χ1n) is 6.18. The molecule has 102 valence electrons. The first-order chi connectivity index (χ1) is 8.72. The molecule has 0 saturated carbocycles. The van der Waals surface area contributed by atoms with Crippen LogP contribution >= 0.6 is 0 Å². The normalized spacial score (nSPS) is 27.2. The third kappa shape index (κ3) is 2.91. The highest BCUT2D eigenvalue weighted by Gasteiger charge is 2.31. The van der Waals surface area contributed by atoms with Gasteiger partial charge in [-0.2, -0.15) is 0 Å². The van der Waals surface area contributed by atoms with E-state index in [0.717, 1.165) is 12.8 Å². The summed E-state index contributed by atoms with van der Waals surface area (Å²) in [5, 5.41) is 11.6. The lowest BCUT2D eigenvalue weighted by molar-refractivity contribution is -0.159. The van der Waals surface area contributed by atoms with E-state index < -0.39 is 6.10 Å². The van der Waals surface area contributed by atoms with E-state index in [9.17, 15) is 4.79 Å². The van der Waals surface area contributed by atoms with Crippen LogP contribution in [0.2, 0.25) is 0 Å². The zero-order valence-corrected chi connectivity index (χ0v) is 10.2. The number of amides is 1. The summed E-state index contributed by atoms with van der Waals surface area (Å²) in [6.45, 7) is 2.57.